The van der Waals surface area contributed by atoms with Crippen molar-refractivity contribution in [3.05, 3.63) is 28.0 Å². The highest BCUT2D eigenvalue weighted by Crippen LogP contribution is 2.29. The maximum atomic E-state index is 13.3. The molecule has 0 saturated heterocycles. The molecule has 3 heteroatoms. The maximum absolute atomic E-state index is 13.3. The van der Waals surface area contributed by atoms with E-state index in [4.69, 9.17) is 4.74 Å². The zero-order chi connectivity index (χ0) is 9.84. The molecule has 72 valence electrons. The molecule has 0 aromatic heterocycles. The van der Waals surface area contributed by atoms with Crippen molar-refractivity contribution in [2.24, 2.45) is 0 Å². The molecule has 0 spiro atoms. The minimum absolute atomic E-state index is 0.278. The molecule has 13 heavy (non-hydrogen) atoms. The predicted molar refractivity (Wildman–Crippen MR) is 54.6 cm³/mol. The molecule has 0 saturated carbocycles. The van der Waals surface area contributed by atoms with E-state index in [1.54, 1.807) is 0 Å². The van der Waals surface area contributed by atoms with Gasteiger partial charge in [0.15, 0.2) is 11.6 Å². The molecule has 0 bridgehead atoms. The lowest BCUT2D eigenvalue weighted by Crippen LogP contribution is -1.92. The van der Waals surface area contributed by atoms with E-state index < -0.39 is 0 Å². The Morgan fingerprint density at radius 3 is 2.62 bits per heavy atom. The van der Waals surface area contributed by atoms with E-state index >= 15 is 0 Å². The number of hydrogen-bond acceptors (Lipinski definition) is 1. The first-order chi connectivity index (χ1) is 6.19. The quantitative estimate of drug-likeness (QED) is 0.793. The van der Waals surface area contributed by atoms with Crippen LogP contribution in [0.3, 0.4) is 0 Å². The summed E-state index contributed by atoms with van der Waals surface area (Å²) in [6, 6.07) is 3.42. The number of methoxy groups -OCH3 is 1. The van der Waals surface area contributed by atoms with Gasteiger partial charge in [0.1, 0.15) is 0 Å². The molecule has 0 aliphatic heterocycles. The molecule has 0 radical (unpaired) electrons. The lowest BCUT2D eigenvalue weighted by Gasteiger charge is -2.06. The van der Waals surface area contributed by atoms with Gasteiger partial charge < -0.3 is 4.74 Å². The Kier molecular flexibility index (Phi) is 3.72. The van der Waals surface area contributed by atoms with Gasteiger partial charge in [0.05, 0.1) is 11.6 Å². The monoisotopic (exact) mass is 246 g/mol. The smallest absolute Gasteiger partial charge is 0.168 e. The standard InChI is InChI=1S/C10H12BrFO/c1-3-4-7-5-8(11)10(13-2)9(12)6-7/h5-6H,3-4H2,1-2H3. The first kappa shape index (κ1) is 10.5. The van der Waals surface area contributed by atoms with Crippen LogP contribution in [0.5, 0.6) is 5.75 Å². The molecule has 1 rings (SSSR count). The second-order valence-corrected chi connectivity index (χ2v) is 3.70. The predicted octanol–water partition coefficient (Wildman–Crippen LogP) is 3.55. The van der Waals surface area contributed by atoms with Crippen LogP contribution in [0.1, 0.15) is 18.9 Å². The van der Waals surface area contributed by atoms with Gasteiger partial charge in [-0.1, -0.05) is 13.3 Å². The van der Waals surface area contributed by atoms with Crippen LogP contribution in [0.4, 0.5) is 4.39 Å². The largest absolute Gasteiger partial charge is 0.492 e. The number of aryl methyl sites for hydroxylation is 1. The normalized spacial score (nSPS) is 10.2. The van der Waals surface area contributed by atoms with E-state index in [-0.39, 0.29) is 11.6 Å². The number of ether oxygens (including phenoxy) is 1. The molecule has 1 aromatic carbocycles. The fourth-order valence-corrected chi connectivity index (χ4v) is 1.89. The van der Waals surface area contributed by atoms with Crippen molar-refractivity contribution in [1.29, 1.82) is 0 Å². The third-order valence-corrected chi connectivity index (χ3v) is 2.39. The van der Waals surface area contributed by atoms with Crippen molar-refractivity contribution in [3.63, 3.8) is 0 Å². The van der Waals surface area contributed by atoms with Gasteiger partial charge in [-0.25, -0.2) is 4.39 Å². The Morgan fingerprint density at radius 1 is 1.46 bits per heavy atom. The maximum Gasteiger partial charge on any atom is 0.168 e. The third-order valence-electron chi connectivity index (χ3n) is 1.80. The number of rotatable bonds is 3. The Bertz CT molecular complexity index is 276. The van der Waals surface area contributed by atoms with Crippen molar-refractivity contribution in [3.8, 4) is 5.75 Å². The first-order valence-corrected chi connectivity index (χ1v) is 5.00. The summed E-state index contributed by atoms with van der Waals surface area (Å²) >= 11 is 3.26. The summed E-state index contributed by atoms with van der Waals surface area (Å²) in [5, 5.41) is 0. The van der Waals surface area contributed by atoms with Gasteiger partial charge in [-0.2, -0.15) is 0 Å². The van der Waals surface area contributed by atoms with Crippen LogP contribution in [0.25, 0.3) is 0 Å². The molecule has 0 fully saturated rings. The van der Waals surface area contributed by atoms with Crippen molar-refractivity contribution < 1.29 is 9.13 Å². The van der Waals surface area contributed by atoms with Crippen LogP contribution >= 0.6 is 15.9 Å². The topological polar surface area (TPSA) is 9.23 Å². The number of halogens is 2. The molecular weight excluding hydrogens is 235 g/mol. The SMILES string of the molecule is CCCc1cc(F)c(OC)c(Br)c1. The molecule has 0 N–H and O–H groups in total. The van der Waals surface area contributed by atoms with Gasteiger partial charge in [0, 0.05) is 0 Å². The highest BCUT2D eigenvalue weighted by molar-refractivity contribution is 9.10. The lowest BCUT2D eigenvalue weighted by molar-refractivity contribution is 0.383. The Hall–Kier alpha value is -0.570. The van der Waals surface area contributed by atoms with Gasteiger partial charge >= 0.3 is 0 Å². The molecule has 0 aliphatic carbocycles. The minimum atomic E-state index is -0.305. The van der Waals surface area contributed by atoms with Gasteiger partial charge in [-0.15, -0.1) is 0 Å². The van der Waals surface area contributed by atoms with Crippen molar-refractivity contribution in [2.45, 2.75) is 19.8 Å². The van der Waals surface area contributed by atoms with Crippen LogP contribution in [-0.2, 0) is 6.42 Å². The molecule has 1 nitrogen and oxygen atoms in total. The van der Waals surface area contributed by atoms with Gasteiger partial charge in [-0.05, 0) is 40.0 Å². The average molecular weight is 247 g/mol. The Morgan fingerprint density at radius 2 is 2.15 bits per heavy atom. The zero-order valence-electron chi connectivity index (χ0n) is 7.73. The third kappa shape index (κ3) is 2.44. The second-order valence-electron chi connectivity index (χ2n) is 2.84. The summed E-state index contributed by atoms with van der Waals surface area (Å²) in [7, 11) is 1.46. The summed E-state index contributed by atoms with van der Waals surface area (Å²) in [5.41, 5.74) is 0.993. The molecular formula is C10H12BrFO. The van der Waals surface area contributed by atoms with E-state index in [1.807, 2.05) is 6.07 Å². The van der Waals surface area contributed by atoms with Crippen molar-refractivity contribution >= 4 is 15.9 Å². The van der Waals surface area contributed by atoms with E-state index in [9.17, 15) is 4.39 Å². The minimum Gasteiger partial charge on any atom is -0.492 e. The highest BCUT2D eigenvalue weighted by Gasteiger charge is 2.08. The number of hydrogen-bond donors (Lipinski definition) is 0. The molecule has 1 aromatic rings. The number of benzene rings is 1. The fraction of sp³-hybridized carbons (Fsp3) is 0.400. The molecule has 0 aliphatic rings. The Labute approximate surface area is 86.0 Å². The van der Waals surface area contributed by atoms with Gasteiger partial charge in [-0.3, -0.25) is 0 Å². The summed E-state index contributed by atoms with van der Waals surface area (Å²) in [6.07, 6.45) is 1.90. The summed E-state index contributed by atoms with van der Waals surface area (Å²) in [5.74, 6) is -0.0276. The van der Waals surface area contributed by atoms with Gasteiger partial charge in [0.2, 0.25) is 0 Å². The van der Waals surface area contributed by atoms with E-state index in [2.05, 4.69) is 22.9 Å². The average Bonchev–Trinajstić information content (AvgIpc) is 2.04. The van der Waals surface area contributed by atoms with Crippen molar-refractivity contribution in [2.75, 3.05) is 7.11 Å². The highest BCUT2D eigenvalue weighted by atomic mass is 79.9. The summed E-state index contributed by atoms with van der Waals surface area (Å²) < 4.78 is 18.8. The van der Waals surface area contributed by atoms with E-state index in [1.165, 1.54) is 13.2 Å². The fourth-order valence-electron chi connectivity index (χ4n) is 1.24. The molecule has 0 atom stereocenters. The Balaban J connectivity index is 3.05. The van der Waals surface area contributed by atoms with E-state index in [0.717, 1.165) is 18.4 Å². The molecule has 0 unspecified atom stereocenters. The van der Waals surface area contributed by atoms with Crippen LogP contribution in [0.15, 0.2) is 16.6 Å². The van der Waals surface area contributed by atoms with Gasteiger partial charge in [0.25, 0.3) is 0 Å². The first-order valence-electron chi connectivity index (χ1n) is 4.21. The zero-order valence-corrected chi connectivity index (χ0v) is 9.32. The second kappa shape index (κ2) is 4.61. The van der Waals surface area contributed by atoms with Crippen LogP contribution < -0.4 is 4.74 Å². The molecule has 0 amide bonds. The molecule has 0 heterocycles. The van der Waals surface area contributed by atoms with Crippen LogP contribution in [-0.4, -0.2) is 7.11 Å². The van der Waals surface area contributed by atoms with Crippen molar-refractivity contribution in [1.82, 2.24) is 0 Å². The summed E-state index contributed by atoms with van der Waals surface area (Å²) in [4.78, 5) is 0. The van der Waals surface area contributed by atoms with E-state index in [0.29, 0.717) is 4.47 Å². The lowest BCUT2D eigenvalue weighted by atomic mass is 10.1. The summed E-state index contributed by atoms with van der Waals surface area (Å²) in [6.45, 7) is 2.07. The van der Waals surface area contributed by atoms with Crippen LogP contribution in [0, 0.1) is 5.82 Å². The van der Waals surface area contributed by atoms with Crippen LogP contribution in [0.2, 0.25) is 0 Å².